The molecule has 1 aromatic heterocycles. The fourth-order valence-electron chi connectivity index (χ4n) is 7.94. The third-order valence-electron chi connectivity index (χ3n) is 11.1. The normalized spacial score (nSPS) is 18.8. The van der Waals surface area contributed by atoms with Gasteiger partial charge in [0.25, 0.3) is 5.56 Å². The zero-order valence-electron chi connectivity index (χ0n) is 31.0. The number of aryl methyl sites for hydroxylation is 1. The van der Waals surface area contributed by atoms with Crippen molar-refractivity contribution in [3.05, 3.63) is 88.1 Å². The molecule has 3 aromatic carbocycles. The van der Waals surface area contributed by atoms with E-state index < -0.39 is 11.9 Å². The van der Waals surface area contributed by atoms with E-state index in [4.69, 9.17) is 9.47 Å². The summed E-state index contributed by atoms with van der Waals surface area (Å²) in [7, 11) is 4.90. The smallest absolute Gasteiger partial charge is 0.258 e. The Labute approximate surface area is 313 Å². The quantitative estimate of drug-likeness (QED) is 0.232. The van der Waals surface area contributed by atoms with Crippen LogP contribution < -0.4 is 25.7 Å². The third-order valence-corrected chi connectivity index (χ3v) is 11.1. The number of benzene rings is 3. The number of piperidine rings is 2. The van der Waals surface area contributed by atoms with Crippen molar-refractivity contribution < 1.29 is 28.2 Å². The van der Waals surface area contributed by atoms with Crippen LogP contribution in [-0.2, 0) is 28.0 Å². The van der Waals surface area contributed by atoms with E-state index in [0.717, 1.165) is 42.7 Å². The van der Waals surface area contributed by atoms with Crippen LogP contribution in [0.5, 0.6) is 11.5 Å². The van der Waals surface area contributed by atoms with Gasteiger partial charge in [0, 0.05) is 69.0 Å². The number of methoxy groups -OCH3 is 2. The van der Waals surface area contributed by atoms with E-state index in [9.17, 15) is 23.6 Å². The molecule has 284 valence electrons. The van der Waals surface area contributed by atoms with Crippen LogP contribution in [0.4, 0.5) is 10.1 Å². The van der Waals surface area contributed by atoms with Gasteiger partial charge in [0.15, 0.2) is 0 Å². The number of ether oxygens (including phenoxy) is 2. The summed E-state index contributed by atoms with van der Waals surface area (Å²) in [5, 5.41) is 6.57. The summed E-state index contributed by atoms with van der Waals surface area (Å²) in [5.41, 5.74) is 4.24. The number of aromatic nitrogens is 1. The Bertz CT molecular complexity index is 2080. The van der Waals surface area contributed by atoms with Crippen LogP contribution in [0.3, 0.4) is 0 Å². The molecule has 3 aliphatic rings. The number of rotatable bonds is 10. The molecule has 0 aliphatic carbocycles. The zero-order chi connectivity index (χ0) is 37.9. The van der Waals surface area contributed by atoms with Crippen LogP contribution in [-0.4, -0.2) is 103 Å². The highest BCUT2D eigenvalue weighted by Gasteiger charge is 2.29. The molecule has 3 amide bonds. The van der Waals surface area contributed by atoms with Crippen molar-refractivity contribution >= 4 is 34.2 Å². The first kappa shape index (κ1) is 37.1. The fourth-order valence-corrected chi connectivity index (χ4v) is 7.94. The minimum Gasteiger partial charge on any atom is -0.496 e. The number of nitrogens with one attached hydrogen (secondary N) is 2. The largest absolute Gasteiger partial charge is 0.496 e. The van der Waals surface area contributed by atoms with Crippen LogP contribution in [0.1, 0.15) is 42.7 Å². The molecule has 0 saturated carbocycles. The number of anilines is 1. The second-order valence-electron chi connectivity index (χ2n) is 14.5. The van der Waals surface area contributed by atoms with Gasteiger partial charge in [-0.15, -0.1) is 0 Å². The molecule has 7 rings (SSSR count). The number of piperazine rings is 1. The highest BCUT2D eigenvalue weighted by molar-refractivity contribution is 6.01. The van der Waals surface area contributed by atoms with Gasteiger partial charge in [0.2, 0.25) is 17.7 Å². The van der Waals surface area contributed by atoms with Gasteiger partial charge in [-0.3, -0.25) is 34.3 Å². The van der Waals surface area contributed by atoms with Crippen molar-refractivity contribution in [2.75, 3.05) is 65.3 Å². The average molecular weight is 739 g/mol. The molecule has 3 saturated heterocycles. The van der Waals surface area contributed by atoms with Gasteiger partial charge >= 0.3 is 0 Å². The SMILES string of the molecule is COc1cc(-c2cn(C)c(=O)c3ccc(F)cc23)cc(OC)c1CN1CCN(C(=O)CN2CCC(c3ccc(NC4CCC(=O)NC4=O)cc3)CC2)CC1. The van der Waals surface area contributed by atoms with E-state index in [1.807, 2.05) is 29.2 Å². The molecule has 3 aliphatic heterocycles. The number of halogens is 1. The first-order valence-electron chi connectivity index (χ1n) is 18.6. The van der Waals surface area contributed by atoms with Crippen LogP contribution in [0.25, 0.3) is 21.9 Å². The van der Waals surface area contributed by atoms with Crippen molar-refractivity contribution in [3.63, 3.8) is 0 Å². The lowest BCUT2D eigenvalue weighted by Crippen LogP contribution is -2.51. The molecule has 54 heavy (non-hydrogen) atoms. The molecule has 2 N–H and O–H groups in total. The Morgan fingerprint density at radius 1 is 0.852 bits per heavy atom. The number of carbonyl (C=O) groups is 3. The highest BCUT2D eigenvalue weighted by atomic mass is 19.1. The van der Waals surface area contributed by atoms with E-state index in [1.165, 1.54) is 28.3 Å². The monoisotopic (exact) mass is 738 g/mol. The zero-order valence-corrected chi connectivity index (χ0v) is 31.0. The molecule has 4 heterocycles. The van der Waals surface area contributed by atoms with Crippen LogP contribution >= 0.6 is 0 Å². The summed E-state index contributed by atoms with van der Waals surface area (Å²) < 4.78 is 27.5. The maximum absolute atomic E-state index is 14.3. The Morgan fingerprint density at radius 2 is 1.54 bits per heavy atom. The number of hydrogen-bond acceptors (Lipinski definition) is 9. The van der Waals surface area contributed by atoms with Crippen molar-refractivity contribution in [2.24, 2.45) is 7.05 Å². The number of fused-ring (bicyclic) bond motifs is 1. The number of likely N-dealkylation sites (tertiary alicyclic amines) is 1. The number of carbonyl (C=O) groups excluding carboxylic acids is 3. The Kier molecular flexibility index (Phi) is 11.0. The summed E-state index contributed by atoms with van der Waals surface area (Å²) in [5.74, 6) is 0.899. The molecular weight excluding hydrogens is 691 g/mol. The fraction of sp³-hybridized carbons (Fsp3) is 0.415. The predicted octanol–water partition coefficient (Wildman–Crippen LogP) is 4.10. The first-order valence-corrected chi connectivity index (χ1v) is 18.6. The molecule has 0 radical (unpaired) electrons. The van der Waals surface area contributed by atoms with Gasteiger partial charge < -0.3 is 24.3 Å². The number of nitrogens with zero attached hydrogens (tertiary/aromatic N) is 4. The van der Waals surface area contributed by atoms with Gasteiger partial charge in [0.05, 0.1) is 26.3 Å². The maximum Gasteiger partial charge on any atom is 0.258 e. The number of imide groups is 1. The van der Waals surface area contributed by atoms with Crippen molar-refractivity contribution in [2.45, 2.75) is 44.2 Å². The molecule has 1 unspecified atom stereocenters. The number of hydrogen-bond donors (Lipinski definition) is 2. The van der Waals surface area contributed by atoms with Crippen molar-refractivity contribution in [3.8, 4) is 22.6 Å². The lowest BCUT2D eigenvalue weighted by Gasteiger charge is -2.37. The summed E-state index contributed by atoms with van der Waals surface area (Å²) >= 11 is 0. The van der Waals surface area contributed by atoms with Crippen LogP contribution in [0.2, 0.25) is 0 Å². The first-order chi connectivity index (χ1) is 26.1. The van der Waals surface area contributed by atoms with Gasteiger partial charge in [-0.25, -0.2) is 4.39 Å². The topological polar surface area (TPSA) is 125 Å². The molecule has 12 nitrogen and oxygen atoms in total. The van der Waals surface area contributed by atoms with Gasteiger partial charge in [-0.2, -0.15) is 0 Å². The summed E-state index contributed by atoms with van der Waals surface area (Å²) in [4.78, 5) is 56.2. The highest BCUT2D eigenvalue weighted by Crippen LogP contribution is 2.38. The third kappa shape index (κ3) is 7.97. The second-order valence-corrected chi connectivity index (χ2v) is 14.5. The number of pyridine rings is 1. The molecular formula is C41H47FN6O6. The maximum atomic E-state index is 14.3. The molecule has 13 heteroatoms. The average Bonchev–Trinajstić information content (AvgIpc) is 3.18. The number of amides is 3. The molecule has 3 fully saturated rings. The van der Waals surface area contributed by atoms with E-state index in [0.29, 0.717) is 85.9 Å². The van der Waals surface area contributed by atoms with Crippen LogP contribution in [0.15, 0.2) is 65.6 Å². The molecule has 0 bridgehead atoms. The lowest BCUT2D eigenvalue weighted by molar-refractivity contribution is -0.135. The Balaban J connectivity index is 0.915. The van der Waals surface area contributed by atoms with E-state index in [2.05, 4.69) is 32.6 Å². The standard InChI is InChI=1S/C41H47FN6O6/c1-45-23-33(32-22-29(42)6-9-31(32)41(45)52)28-20-36(53-2)34(37(21-28)54-3)24-47-16-18-48(19-17-47)39(50)25-46-14-12-27(13-15-46)26-4-7-30(8-5-26)43-35-10-11-38(49)44-40(35)51/h4-9,20-23,27,35,43H,10-19,24-25H2,1-3H3,(H,44,49,51). The van der Waals surface area contributed by atoms with E-state index in [-0.39, 0.29) is 23.3 Å². The molecule has 0 spiro atoms. The summed E-state index contributed by atoms with van der Waals surface area (Å²) in [6, 6.07) is 15.8. The van der Waals surface area contributed by atoms with Gasteiger partial charge in [-0.05, 0) is 97.2 Å². The molecule has 4 aromatic rings. The summed E-state index contributed by atoms with van der Waals surface area (Å²) in [6.07, 6.45) is 4.48. The Morgan fingerprint density at radius 3 is 2.19 bits per heavy atom. The van der Waals surface area contributed by atoms with Crippen molar-refractivity contribution in [1.29, 1.82) is 0 Å². The van der Waals surface area contributed by atoms with Crippen molar-refractivity contribution in [1.82, 2.24) is 24.6 Å². The lowest BCUT2D eigenvalue weighted by atomic mass is 9.89. The minimum absolute atomic E-state index is 0.150. The molecule has 1 atom stereocenters. The summed E-state index contributed by atoms with van der Waals surface area (Å²) in [6.45, 7) is 5.37. The Hall–Kier alpha value is -5.27. The van der Waals surface area contributed by atoms with E-state index in [1.54, 1.807) is 27.5 Å². The minimum atomic E-state index is -0.419. The van der Waals surface area contributed by atoms with Gasteiger partial charge in [-0.1, -0.05) is 12.1 Å². The van der Waals surface area contributed by atoms with Crippen LogP contribution in [0, 0.1) is 5.82 Å². The predicted molar refractivity (Wildman–Crippen MR) is 204 cm³/mol. The second kappa shape index (κ2) is 16.0. The van der Waals surface area contributed by atoms with E-state index >= 15 is 0 Å². The van der Waals surface area contributed by atoms with Gasteiger partial charge in [0.1, 0.15) is 23.4 Å².